The largest absolute Gasteiger partial charge is 0.325 e. The summed E-state index contributed by atoms with van der Waals surface area (Å²) in [6.07, 6.45) is 0. The van der Waals surface area contributed by atoms with Gasteiger partial charge < -0.3 is 5.73 Å². The topological polar surface area (TPSA) is 54.7 Å². The van der Waals surface area contributed by atoms with Crippen molar-refractivity contribution in [1.82, 2.24) is 10.2 Å². The summed E-state index contributed by atoms with van der Waals surface area (Å²) in [4.78, 5) is 1.28. The summed E-state index contributed by atoms with van der Waals surface area (Å²) in [5.74, 6) is 1.09. The average molecular weight is 312 g/mol. The van der Waals surface area contributed by atoms with E-state index < -0.39 is 0 Å². The maximum atomic E-state index is 5.60. The van der Waals surface area contributed by atoms with Gasteiger partial charge in [0.25, 0.3) is 0 Å². The Bertz CT molecular complexity index is 493. The van der Waals surface area contributed by atoms with E-state index in [-0.39, 0.29) is 0 Å². The third-order valence-electron chi connectivity index (χ3n) is 2.42. The van der Waals surface area contributed by atoms with Crippen molar-refractivity contribution in [3.8, 4) is 11.3 Å². The molecular formula is C12H14BrN3S. The van der Waals surface area contributed by atoms with Crippen LogP contribution in [0.3, 0.4) is 0 Å². The highest BCUT2D eigenvalue weighted by Gasteiger charge is 2.10. The van der Waals surface area contributed by atoms with Crippen LogP contribution in [0.25, 0.3) is 11.3 Å². The van der Waals surface area contributed by atoms with Gasteiger partial charge in [-0.1, -0.05) is 19.1 Å². The molecule has 2 aromatic rings. The first kappa shape index (κ1) is 12.7. The van der Waals surface area contributed by atoms with Crippen LogP contribution >= 0.6 is 27.7 Å². The maximum Gasteiger partial charge on any atom is 0.107 e. The Hall–Kier alpha value is -0.780. The lowest BCUT2D eigenvalue weighted by molar-refractivity contribution is 0.945. The Balaban J connectivity index is 2.30. The van der Waals surface area contributed by atoms with Crippen molar-refractivity contribution in [3.63, 3.8) is 0 Å². The molecule has 0 saturated carbocycles. The Morgan fingerprint density at radius 3 is 2.59 bits per heavy atom. The van der Waals surface area contributed by atoms with Crippen molar-refractivity contribution >= 4 is 27.7 Å². The van der Waals surface area contributed by atoms with Gasteiger partial charge in [-0.25, -0.2) is 0 Å². The number of nitrogens with zero attached hydrogens (tertiary/aromatic N) is 1. The second-order valence-electron chi connectivity index (χ2n) is 3.53. The Labute approximate surface area is 113 Å². The van der Waals surface area contributed by atoms with E-state index >= 15 is 0 Å². The van der Waals surface area contributed by atoms with Gasteiger partial charge >= 0.3 is 0 Å². The maximum absolute atomic E-state index is 5.60. The van der Waals surface area contributed by atoms with Crippen LogP contribution in [0.2, 0.25) is 0 Å². The smallest absolute Gasteiger partial charge is 0.107 e. The minimum Gasteiger partial charge on any atom is -0.325 e. The number of benzene rings is 1. The number of halogens is 1. The molecule has 90 valence electrons. The van der Waals surface area contributed by atoms with Gasteiger partial charge in [0, 0.05) is 17.0 Å². The van der Waals surface area contributed by atoms with Crippen molar-refractivity contribution in [2.75, 3.05) is 5.75 Å². The summed E-state index contributed by atoms with van der Waals surface area (Å²) in [6.45, 7) is 2.60. The number of hydrogen-bond acceptors (Lipinski definition) is 3. The Morgan fingerprint density at radius 2 is 2.06 bits per heavy atom. The van der Waals surface area contributed by atoms with E-state index in [9.17, 15) is 0 Å². The number of hydrogen-bond donors (Lipinski definition) is 2. The number of nitrogens with two attached hydrogens (primary N) is 1. The van der Waals surface area contributed by atoms with Crippen molar-refractivity contribution < 1.29 is 0 Å². The van der Waals surface area contributed by atoms with E-state index in [1.165, 1.54) is 4.90 Å². The Morgan fingerprint density at radius 1 is 1.35 bits per heavy atom. The Kier molecular flexibility index (Phi) is 4.25. The predicted octanol–water partition coefficient (Wildman–Crippen LogP) is 3.41. The minimum absolute atomic E-state index is 0.456. The lowest BCUT2D eigenvalue weighted by atomic mass is 10.1. The minimum atomic E-state index is 0.456. The third-order valence-corrected chi connectivity index (χ3v) is 4.17. The van der Waals surface area contributed by atoms with E-state index in [1.54, 1.807) is 0 Å². The quantitative estimate of drug-likeness (QED) is 0.851. The molecule has 0 aliphatic heterocycles. The van der Waals surface area contributed by atoms with Crippen molar-refractivity contribution in [2.24, 2.45) is 5.73 Å². The third kappa shape index (κ3) is 2.73. The van der Waals surface area contributed by atoms with Crippen LogP contribution in [-0.2, 0) is 6.54 Å². The summed E-state index contributed by atoms with van der Waals surface area (Å²) in [5, 5.41) is 7.21. The molecule has 0 amide bonds. The van der Waals surface area contributed by atoms with Gasteiger partial charge in [0.05, 0.1) is 10.2 Å². The lowest BCUT2D eigenvalue weighted by Gasteiger charge is -2.01. The molecule has 0 fully saturated rings. The van der Waals surface area contributed by atoms with Gasteiger partial charge in [0.15, 0.2) is 0 Å². The van der Waals surface area contributed by atoms with E-state index in [4.69, 9.17) is 5.73 Å². The van der Waals surface area contributed by atoms with Gasteiger partial charge in [-0.2, -0.15) is 5.10 Å². The summed E-state index contributed by atoms with van der Waals surface area (Å²) in [7, 11) is 0. The molecule has 0 aliphatic rings. The molecule has 0 spiro atoms. The molecule has 0 aliphatic carbocycles. The first-order chi connectivity index (χ1) is 8.26. The molecule has 0 atom stereocenters. The first-order valence-corrected chi connectivity index (χ1v) is 7.20. The summed E-state index contributed by atoms with van der Waals surface area (Å²) in [5.41, 5.74) is 8.53. The number of rotatable bonds is 4. The second-order valence-corrected chi connectivity index (χ2v) is 5.66. The van der Waals surface area contributed by atoms with Crippen LogP contribution in [0.15, 0.2) is 33.6 Å². The fourth-order valence-electron chi connectivity index (χ4n) is 1.57. The zero-order valence-corrected chi connectivity index (χ0v) is 11.9. The molecule has 0 bridgehead atoms. The van der Waals surface area contributed by atoms with E-state index in [0.717, 1.165) is 27.2 Å². The predicted molar refractivity (Wildman–Crippen MR) is 76.0 cm³/mol. The molecule has 0 unspecified atom stereocenters. The van der Waals surface area contributed by atoms with Gasteiger partial charge in [-0.3, -0.25) is 5.10 Å². The molecule has 3 N–H and O–H groups in total. The van der Waals surface area contributed by atoms with E-state index in [2.05, 4.69) is 57.3 Å². The number of aromatic nitrogens is 2. The van der Waals surface area contributed by atoms with Gasteiger partial charge in [0.1, 0.15) is 5.69 Å². The molecular weight excluding hydrogens is 298 g/mol. The first-order valence-electron chi connectivity index (χ1n) is 5.42. The number of aromatic amines is 1. The molecule has 0 saturated heterocycles. The van der Waals surface area contributed by atoms with Crippen LogP contribution in [0.4, 0.5) is 0 Å². The lowest BCUT2D eigenvalue weighted by Crippen LogP contribution is -1.96. The molecule has 17 heavy (non-hydrogen) atoms. The average Bonchev–Trinajstić information content (AvgIpc) is 2.72. The number of H-pyrrole nitrogens is 1. The van der Waals surface area contributed by atoms with Gasteiger partial charge in [-0.15, -0.1) is 11.8 Å². The molecule has 1 heterocycles. The normalized spacial score (nSPS) is 10.8. The highest BCUT2D eigenvalue weighted by molar-refractivity contribution is 9.10. The van der Waals surface area contributed by atoms with E-state index in [1.807, 2.05) is 11.8 Å². The van der Waals surface area contributed by atoms with Crippen molar-refractivity contribution in [2.45, 2.75) is 18.4 Å². The van der Waals surface area contributed by atoms with Gasteiger partial charge in [0.2, 0.25) is 0 Å². The fraction of sp³-hybridized carbons (Fsp3) is 0.250. The monoisotopic (exact) mass is 311 g/mol. The standard InChI is InChI=1S/C12H14BrN3S/c1-2-17-9-5-3-8(4-6-9)12-11(13)10(7-14)15-16-12/h3-6H,2,7,14H2,1H3,(H,15,16). The van der Waals surface area contributed by atoms with Crippen LogP contribution < -0.4 is 5.73 Å². The molecule has 2 rings (SSSR count). The molecule has 3 nitrogen and oxygen atoms in total. The van der Waals surface area contributed by atoms with Crippen molar-refractivity contribution in [1.29, 1.82) is 0 Å². The van der Waals surface area contributed by atoms with E-state index in [0.29, 0.717) is 6.54 Å². The van der Waals surface area contributed by atoms with Crippen molar-refractivity contribution in [3.05, 3.63) is 34.4 Å². The zero-order chi connectivity index (χ0) is 12.3. The number of thioether (sulfide) groups is 1. The highest BCUT2D eigenvalue weighted by atomic mass is 79.9. The van der Waals surface area contributed by atoms with Crippen LogP contribution in [0.5, 0.6) is 0 Å². The summed E-state index contributed by atoms with van der Waals surface area (Å²) < 4.78 is 0.955. The van der Waals surface area contributed by atoms with Crippen LogP contribution in [-0.4, -0.2) is 16.0 Å². The molecule has 0 radical (unpaired) electrons. The van der Waals surface area contributed by atoms with Gasteiger partial charge in [-0.05, 0) is 33.8 Å². The van der Waals surface area contributed by atoms with Crippen LogP contribution in [0, 0.1) is 0 Å². The fourth-order valence-corrected chi connectivity index (χ4v) is 2.80. The highest BCUT2D eigenvalue weighted by Crippen LogP contribution is 2.30. The number of nitrogens with one attached hydrogen (secondary N) is 1. The summed E-state index contributed by atoms with van der Waals surface area (Å²) >= 11 is 5.35. The zero-order valence-electron chi connectivity index (χ0n) is 9.53. The molecule has 5 heteroatoms. The van der Waals surface area contributed by atoms with Crippen LogP contribution in [0.1, 0.15) is 12.6 Å². The molecule has 1 aromatic carbocycles. The summed E-state index contributed by atoms with van der Waals surface area (Å²) in [6, 6.07) is 8.40. The SMILES string of the molecule is CCSc1ccc(-c2n[nH]c(CN)c2Br)cc1. The molecule has 1 aromatic heterocycles. The second kappa shape index (κ2) is 5.71.